The van der Waals surface area contributed by atoms with Crippen LogP contribution in [0.15, 0.2) is 36.4 Å². The second-order valence-corrected chi connectivity index (χ2v) is 9.28. The van der Waals surface area contributed by atoms with Gasteiger partial charge in [0.25, 0.3) is 5.91 Å². The van der Waals surface area contributed by atoms with Crippen LogP contribution in [0, 0.1) is 0 Å². The summed E-state index contributed by atoms with van der Waals surface area (Å²) in [6, 6.07) is 8.82. The van der Waals surface area contributed by atoms with Gasteiger partial charge in [0.2, 0.25) is 0 Å². The Labute approximate surface area is 187 Å². The van der Waals surface area contributed by atoms with Crippen LogP contribution in [0.5, 0.6) is 0 Å². The van der Waals surface area contributed by atoms with Crippen molar-refractivity contribution in [2.45, 2.75) is 12.5 Å². The molecule has 0 aliphatic carbocycles. The van der Waals surface area contributed by atoms with Crippen molar-refractivity contribution in [3.8, 4) is 0 Å². The third-order valence-electron chi connectivity index (χ3n) is 4.92. The van der Waals surface area contributed by atoms with E-state index in [1.165, 1.54) is 6.08 Å². The molecule has 166 valence electrons. The number of carbonyl (C=O) groups excluding carboxylic acids is 2. The van der Waals surface area contributed by atoms with Crippen molar-refractivity contribution in [2.75, 3.05) is 18.5 Å². The molecular weight excluding hydrogens is 460 g/mol. The van der Waals surface area contributed by atoms with Crippen LogP contribution in [0.2, 0.25) is 0 Å². The van der Waals surface area contributed by atoms with E-state index in [-0.39, 0.29) is 30.1 Å². The Balaban J connectivity index is 1.62. The van der Waals surface area contributed by atoms with Crippen LogP contribution in [-0.2, 0) is 36.5 Å². The van der Waals surface area contributed by atoms with Gasteiger partial charge in [0.15, 0.2) is 11.0 Å². The highest BCUT2D eigenvalue weighted by Gasteiger charge is 2.37. The van der Waals surface area contributed by atoms with E-state index in [4.69, 9.17) is 9.84 Å². The van der Waals surface area contributed by atoms with E-state index in [0.717, 1.165) is 15.6 Å². The van der Waals surface area contributed by atoms with Crippen molar-refractivity contribution in [1.82, 2.24) is 4.31 Å². The van der Waals surface area contributed by atoms with Crippen LogP contribution in [-0.4, -0.2) is 55.6 Å². The van der Waals surface area contributed by atoms with Crippen LogP contribution in [0.1, 0.15) is 32.5 Å². The van der Waals surface area contributed by atoms with Gasteiger partial charge < -0.3 is 20.3 Å². The molecular formula is C20H16N2O8S2. The second-order valence-electron chi connectivity index (χ2n) is 6.85. The molecule has 32 heavy (non-hydrogen) atoms. The summed E-state index contributed by atoms with van der Waals surface area (Å²) in [7, 11) is -1.77. The zero-order chi connectivity index (χ0) is 23.0. The first kappa shape index (κ1) is 21.9. The van der Waals surface area contributed by atoms with Crippen LogP contribution >= 0.6 is 11.3 Å². The molecule has 12 heteroatoms. The average Bonchev–Trinajstić information content (AvgIpc) is 3.27. The molecule has 3 heterocycles. The number of aliphatic carboxylic acids is 1. The monoisotopic (exact) mass is 476 g/mol. The predicted molar refractivity (Wildman–Crippen MR) is 114 cm³/mol. The van der Waals surface area contributed by atoms with Crippen LogP contribution in [0.4, 0.5) is 5.00 Å². The number of ether oxygens (including phenoxy) is 1. The van der Waals surface area contributed by atoms with E-state index in [1.54, 1.807) is 30.3 Å². The molecule has 2 atom stereocenters. The highest BCUT2D eigenvalue weighted by Crippen LogP contribution is 2.42. The fraction of sp³-hybridized carbons (Fsp3) is 0.200. The molecule has 10 nitrogen and oxygen atoms in total. The number of hydrogen-bond donors (Lipinski definition) is 3. The summed E-state index contributed by atoms with van der Waals surface area (Å²) in [5.74, 6) is -4.90. The minimum Gasteiger partial charge on any atom is -0.478 e. The number of benzene rings is 1. The summed E-state index contributed by atoms with van der Waals surface area (Å²) in [5.41, 5.74) is 0.841. The molecule has 1 aromatic heterocycles. The number of carbonyl (C=O) groups is 4. The van der Waals surface area contributed by atoms with Gasteiger partial charge in [-0.3, -0.25) is 13.9 Å². The first-order chi connectivity index (χ1) is 15.3. The van der Waals surface area contributed by atoms with Gasteiger partial charge in [-0.1, -0.05) is 30.3 Å². The van der Waals surface area contributed by atoms with Gasteiger partial charge in [0.05, 0.1) is 23.6 Å². The van der Waals surface area contributed by atoms with E-state index >= 15 is 0 Å². The number of carboxylic acid groups (broad SMARTS) is 2. The molecule has 2 unspecified atom stereocenters. The summed E-state index contributed by atoms with van der Waals surface area (Å²) in [5, 5.41) is 20.4. The maximum absolute atomic E-state index is 13.0. The number of nitrogens with one attached hydrogen (secondary N) is 1. The van der Waals surface area contributed by atoms with Gasteiger partial charge in [-0.25, -0.2) is 13.8 Å². The Morgan fingerprint density at radius 3 is 2.59 bits per heavy atom. The molecule has 2 aliphatic heterocycles. The maximum Gasteiger partial charge on any atom is 0.394 e. The summed E-state index contributed by atoms with van der Waals surface area (Å²) in [4.78, 5) is 47.6. The van der Waals surface area contributed by atoms with Crippen molar-refractivity contribution in [1.29, 1.82) is 0 Å². The number of thiophene rings is 1. The van der Waals surface area contributed by atoms with Crippen molar-refractivity contribution < 1.29 is 38.3 Å². The molecule has 2 aliphatic rings. The molecule has 3 N–H and O–H groups in total. The highest BCUT2D eigenvalue weighted by molar-refractivity contribution is 7.93. The summed E-state index contributed by atoms with van der Waals surface area (Å²) >= 11 is 0.872. The number of hydrogen-bond acceptors (Lipinski definition) is 7. The van der Waals surface area contributed by atoms with Gasteiger partial charge in [0.1, 0.15) is 11.1 Å². The largest absolute Gasteiger partial charge is 0.478 e. The van der Waals surface area contributed by atoms with Gasteiger partial charge in [-0.05, 0) is 17.5 Å². The van der Waals surface area contributed by atoms with Crippen molar-refractivity contribution in [3.05, 3.63) is 58.0 Å². The lowest BCUT2D eigenvalue weighted by Crippen LogP contribution is -2.33. The summed E-state index contributed by atoms with van der Waals surface area (Å²) in [6.45, 7) is 0.0474. The number of nitrogens with zero attached hydrogens (tertiary/aromatic N) is 1. The molecule has 0 saturated heterocycles. The molecule has 0 radical (unpaired) electrons. The minimum absolute atomic E-state index is 0.100. The minimum atomic E-state index is -1.77. The number of fused-ring (bicyclic) bond motifs is 1. The Morgan fingerprint density at radius 2 is 1.94 bits per heavy atom. The normalized spacial score (nSPS) is 19.9. The van der Waals surface area contributed by atoms with E-state index in [2.05, 4.69) is 5.32 Å². The Morgan fingerprint density at radius 1 is 1.22 bits per heavy atom. The summed E-state index contributed by atoms with van der Waals surface area (Å²) in [6.07, 6.45) is 0.746. The first-order valence-corrected chi connectivity index (χ1v) is 11.3. The fourth-order valence-corrected chi connectivity index (χ4v) is 6.05. The van der Waals surface area contributed by atoms with Gasteiger partial charge in [-0.2, -0.15) is 0 Å². The SMILES string of the molecule is O=C(O)C(=O)Nc1sc2c(c1C(=O)O)CCOC2CN1C(=O)C=C(c2ccccc2)S1=O. The highest BCUT2D eigenvalue weighted by atomic mass is 32.2. The lowest BCUT2D eigenvalue weighted by atomic mass is 10.0. The van der Waals surface area contributed by atoms with Crippen LogP contribution in [0.3, 0.4) is 0 Å². The first-order valence-electron chi connectivity index (χ1n) is 9.33. The third kappa shape index (κ3) is 3.95. The topological polar surface area (TPSA) is 150 Å². The van der Waals surface area contributed by atoms with Crippen molar-refractivity contribution in [2.24, 2.45) is 0 Å². The average molecular weight is 476 g/mol. The zero-order valence-corrected chi connectivity index (χ0v) is 17.9. The number of rotatable bonds is 5. The van der Waals surface area contributed by atoms with Crippen molar-refractivity contribution in [3.63, 3.8) is 0 Å². The number of carboxylic acids is 2. The lowest BCUT2D eigenvalue weighted by molar-refractivity contribution is -0.147. The van der Waals surface area contributed by atoms with Crippen molar-refractivity contribution >= 4 is 56.0 Å². The predicted octanol–water partition coefficient (Wildman–Crippen LogP) is 1.63. The zero-order valence-electron chi connectivity index (χ0n) is 16.3. The summed E-state index contributed by atoms with van der Waals surface area (Å²) < 4.78 is 19.9. The van der Waals surface area contributed by atoms with Crippen LogP contribution in [0.25, 0.3) is 4.91 Å². The van der Waals surface area contributed by atoms with E-state index in [1.807, 2.05) is 0 Å². The quantitative estimate of drug-likeness (QED) is 0.551. The van der Waals surface area contributed by atoms with E-state index in [0.29, 0.717) is 20.9 Å². The molecule has 0 bridgehead atoms. The smallest absolute Gasteiger partial charge is 0.394 e. The van der Waals surface area contributed by atoms with Gasteiger partial charge >= 0.3 is 17.8 Å². The second kappa shape index (κ2) is 8.65. The maximum atomic E-state index is 13.0. The molecule has 0 saturated carbocycles. The Hall–Kier alpha value is -3.35. The van der Waals surface area contributed by atoms with Gasteiger partial charge in [0, 0.05) is 11.0 Å². The fourth-order valence-electron chi connectivity index (χ4n) is 3.51. The molecule has 2 aromatic rings. The molecule has 4 rings (SSSR count). The van der Waals surface area contributed by atoms with E-state index < -0.39 is 40.8 Å². The molecule has 2 amide bonds. The van der Waals surface area contributed by atoms with E-state index in [9.17, 15) is 28.5 Å². The molecule has 0 spiro atoms. The van der Waals surface area contributed by atoms with Gasteiger partial charge in [-0.15, -0.1) is 11.3 Å². The Kier molecular flexibility index (Phi) is 5.91. The lowest BCUT2D eigenvalue weighted by Gasteiger charge is -2.27. The number of aromatic carboxylic acids is 1. The molecule has 1 aromatic carbocycles. The Bertz CT molecular complexity index is 1190. The third-order valence-corrected chi connectivity index (χ3v) is 7.61. The molecule has 0 fully saturated rings. The number of anilines is 1. The van der Waals surface area contributed by atoms with Crippen LogP contribution < -0.4 is 5.32 Å². The standard InChI is InChI=1S/C20H16N2O8S2/c23-14-8-13(10-4-2-1-3-5-10)32(29)22(14)9-12-16-11(6-7-30-12)15(19(25)26)18(31-16)21-17(24)20(27)28/h1-5,8,12H,6-7,9H2,(H,21,24)(H,25,26)(H,27,28). The number of amides is 2.